The third-order valence-corrected chi connectivity index (χ3v) is 4.98. The summed E-state index contributed by atoms with van der Waals surface area (Å²) in [7, 11) is -1.89. The van der Waals surface area contributed by atoms with Crippen LogP contribution in [0.15, 0.2) is 40.7 Å². The summed E-state index contributed by atoms with van der Waals surface area (Å²) < 4.78 is 28.6. The van der Waals surface area contributed by atoms with E-state index in [0.29, 0.717) is 25.6 Å². The lowest BCUT2D eigenvalue weighted by molar-refractivity contribution is 0.579. The molecule has 3 N–H and O–H groups in total. The molecule has 0 aliphatic carbocycles. The number of nitrogens with zero attached hydrogens (tertiary/aromatic N) is 5. The summed E-state index contributed by atoms with van der Waals surface area (Å²) in [6.07, 6.45) is 5.36. The fourth-order valence-electron chi connectivity index (χ4n) is 2.21. The van der Waals surface area contributed by atoms with Gasteiger partial charge in [0.1, 0.15) is 17.0 Å². The molecule has 0 saturated carbocycles. The van der Waals surface area contributed by atoms with Crippen LogP contribution in [-0.4, -0.2) is 60.8 Å². The van der Waals surface area contributed by atoms with Crippen LogP contribution in [0.25, 0.3) is 0 Å². The first kappa shape index (κ1) is 19.8. The van der Waals surface area contributed by atoms with Gasteiger partial charge in [0.25, 0.3) is 0 Å². The fourth-order valence-corrected chi connectivity index (χ4v) is 3.21. The number of rotatable bonds is 9. The number of hydrogen-bond acceptors (Lipinski definition) is 6. The van der Waals surface area contributed by atoms with Crippen molar-refractivity contribution in [2.45, 2.75) is 24.8 Å². The number of aromatic nitrogens is 4. The van der Waals surface area contributed by atoms with Gasteiger partial charge in [-0.3, -0.25) is 9.98 Å². The zero-order chi connectivity index (χ0) is 18.8. The first-order valence-corrected chi connectivity index (χ1v) is 9.76. The Morgan fingerprint density at radius 2 is 2.08 bits per heavy atom. The molecule has 0 aromatic carbocycles. The van der Waals surface area contributed by atoms with E-state index in [4.69, 9.17) is 0 Å². The van der Waals surface area contributed by atoms with E-state index in [0.717, 1.165) is 12.2 Å². The van der Waals surface area contributed by atoms with Gasteiger partial charge in [0.15, 0.2) is 5.96 Å². The van der Waals surface area contributed by atoms with Crippen molar-refractivity contribution in [2.75, 3.05) is 26.7 Å². The van der Waals surface area contributed by atoms with Crippen LogP contribution in [0.1, 0.15) is 12.7 Å². The van der Waals surface area contributed by atoms with Crippen molar-refractivity contribution >= 4 is 16.0 Å². The van der Waals surface area contributed by atoms with Crippen LogP contribution in [0, 0.1) is 0 Å². The van der Waals surface area contributed by atoms with Gasteiger partial charge < -0.3 is 15.2 Å². The Morgan fingerprint density at radius 1 is 1.27 bits per heavy atom. The first-order valence-electron chi connectivity index (χ1n) is 8.27. The van der Waals surface area contributed by atoms with Gasteiger partial charge in [0, 0.05) is 52.0 Å². The van der Waals surface area contributed by atoms with E-state index < -0.39 is 10.0 Å². The Hall–Kier alpha value is -2.53. The van der Waals surface area contributed by atoms with Crippen LogP contribution in [0.5, 0.6) is 0 Å². The van der Waals surface area contributed by atoms with Crippen LogP contribution in [-0.2, 0) is 23.0 Å². The van der Waals surface area contributed by atoms with Crippen LogP contribution in [0.3, 0.4) is 0 Å². The molecule has 0 spiro atoms. The number of aliphatic imine (C=N–C) groups is 1. The van der Waals surface area contributed by atoms with E-state index in [2.05, 4.69) is 35.5 Å². The maximum Gasteiger partial charge on any atom is 0.242 e. The molecule has 0 aliphatic rings. The Balaban J connectivity index is 1.70. The second-order valence-corrected chi connectivity index (χ2v) is 7.07. The minimum atomic E-state index is -3.55. The van der Waals surface area contributed by atoms with Crippen LogP contribution >= 0.6 is 0 Å². The molecule has 26 heavy (non-hydrogen) atoms. The SMILES string of the molecule is CCc1nncn1CCNC(=NC)NCCNS(=O)(=O)c1cccnc1. The maximum absolute atomic E-state index is 12.1. The average molecular weight is 380 g/mol. The van der Waals surface area contributed by atoms with E-state index in [-0.39, 0.29) is 11.4 Å². The van der Waals surface area contributed by atoms with E-state index in [9.17, 15) is 8.42 Å². The van der Waals surface area contributed by atoms with Gasteiger partial charge in [-0.05, 0) is 12.1 Å². The van der Waals surface area contributed by atoms with Crippen LogP contribution < -0.4 is 15.4 Å². The molecule has 10 nitrogen and oxygen atoms in total. The van der Waals surface area contributed by atoms with Crippen molar-refractivity contribution in [2.24, 2.45) is 4.99 Å². The minimum absolute atomic E-state index is 0.142. The Kier molecular flexibility index (Phi) is 7.48. The van der Waals surface area contributed by atoms with E-state index in [1.807, 2.05) is 11.5 Å². The van der Waals surface area contributed by atoms with Gasteiger partial charge in [-0.25, -0.2) is 13.1 Å². The van der Waals surface area contributed by atoms with Gasteiger partial charge in [0.2, 0.25) is 10.0 Å². The Morgan fingerprint density at radius 3 is 2.77 bits per heavy atom. The summed E-state index contributed by atoms with van der Waals surface area (Å²) in [6.45, 7) is 4.01. The molecule has 0 fully saturated rings. The second kappa shape index (κ2) is 9.82. The molecule has 2 aromatic heterocycles. The molecule has 0 bridgehead atoms. The molecule has 0 saturated heterocycles. The van der Waals surface area contributed by atoms with Gasteiger partial charge in [-0.1, -0.05) is 6.92 Å². The summed E-state index contributed by atoms with van der Waals surface area (Å²) in [5.41, 5.74) is 0. The predicted molar refractivity (Wildman–Crippen MR) is 98.2 cm³/mol. The minimum Gasteiger partial charge on any atom is -0.355 e. The zero-order valence-corrected chi connectivity index (χ0v) is 15.7. The van der Waals surface area contributed by atoms with Crippen molar-refractivity contribution in [1.82, 2.24) is 35.1 Å². The molecule has 2 rings (SSSR count). The molecule has 2 aromatic rings. The summed E-state index contributed by atoms with van der Waals surface area (Å²) in [5, 5.41) is 14.1. The van der Waals surface area contributed by atoms with Gasteiger partial charge in [-0.2, -0.15) is 0 Å². The molecule has 0 radical (unpaired) electrons. The molecule has 0 atom stereocenters. The maximum atomic E-state index is 12.1. The fraction of sp³-hybridized carbons (Fsp3) is 0.467. The van der Waals surface area contributed by atoms with Crippen molar-refractivity contribution < 1.29 is 8.42 Å². The quantitative estimate of drug-likeness (QED) is 0.301. The molecule has 0 unspecified atom stereocenters. The monoisotopic (exact) mass is 380 g/mol. The second-order valence-electron chi connectivity index (χ2n) is 5.31. The number of hydrogen-bond donors (Lipinski definition) is 3. The molecule has 0 amide bonds. The standard InChI is InChI=1S/C15H24N8O2S/c1-3-14-22-20-12-23(14)10-9-19-15(16-2)18-7-8-21-26(24,25)13-5-4-6-17-11-13/h4-6,11-12,21H,3,7-10H2,1-2H3,(H2,16,18,19). The smallest absolute Gasteiger partial charge is 0.242 e. The van der Waals surface area contributed by atoms with E-state index in [1.165, 1.54) is 18.5 Å². The van der Waals surface area contributed by atoms with Crippen LogP contribution in [0.4, 0.5) is 0 Å². The zero-order valence-electron chi connectivity index (χ0n) is 14.9. The number of guanidine groups is 1. The molecule has 142 valence electrons. The number of sulfonamides is 1. The molecular weight excluding hydrogens is 356 g/mol. The van der Waals surface area contributed by atoms with Crippen LogP contribution in [0.2, 0.25) is 0 Å². The third-order valence-electron chi connectivity index (χ3n) is 3.53. The van der Waals surface area contributed by atoms with E-state index >= 15 is 0 Å². The Bertz CT molecular complexity index is 804. The largest absolute Gasteiger partial charge is 0.355 e. The molecule has 0 aliphatic heterocycles. The average Bonchev–Trinajstić information content (AvgIpc) is 3.12. The normalized spacial score (nSPS) is 12.2. The van der Waals surface area contributed by atoms with Gasteiger partial charge >= 0.3 is 0 Å². The van der Waals surface area contributed by atoms with Crippen molar-refractivity contribution in [1.29, 1.82) is 0 Å². The van der Waals surface area contributed by atoms with E-state index in [1.54, 1.807) is 19.4 Å². The van der Waals surface area contributed by atoms with Crippen molar-refractivity contribution in [3.05, 3.63) is 36.7 Å². The van der Waals surface area contributed by atoms with Gasteiger partial charge in [-0.15, -0.1) is 10.2 Å². The van der Waals surface area contributed by atoms with Crippen molar-refractivity contribution in [3.8, 4) is 0 Å². The lowest BCUT2D eigenvalue weighted by Crippen LogP contribution is -2.42. The summed E-state index contributed by atoms with van der Waals surface area (Å²) in [5.74, 6) is 1.52. The highest BCUT2D eigenvalue weighted by molar-refractivity contribution is 7.89. The highest BCUT2D eigenvalue weighted by Crippen LogP contribution is 2.04. The summed E-state index contributed by atoms with van der Waals surface area (Å²) >= 11 is 0. The lowest BCUT2D eigenvalue weighted by Gasteiger charge is -2.13. The number of pyridine rings is 1. The first-order chi connectivity index (χ1) is 12.6. The highest BCUT2D eigenvalue weighted by atomic mass is 32.2. The number of nitrogens with one attached hydrogen (secondary N) is 3. The molecular formula is C15H24N8O2S. The third kappa shape index (κ3) is 5.77. The van der Waals surface area contributed by atoms with Crippen molar-refractivity contribution in [3.63, 3.8) is 0 Å². The molecule has 2 heterocycles. The molecule has 11 heteroatoms. The lowest BCUT2D eigenvalue weighted by atomic mass is 10.4. The number of aryl methyl sites for hydroxylation is 1. The Labute approximate surface area is 153 Å². The highest BCUT2D eigenvalue weighted by Gasteiger charge is 2.12. The van der Waals surface area contributed by atoms with Gasteiger partial charge in [0.05, 0.1) is 0 Å². The topological polar surface area (TPSA) is 126 Å². The summed E-state index contributed by atoms with van der Waals surface area (Å²) in [4.78, 5) is 8.06. The summed E-state index contributed by atoms with van der Waals surface area (Å²) in [6, 6.07) is 3.08. The predicted octanol–water partition coefficient (Wildman–Crippen LogP) is -0.621.